The first-order valence-electron chi connectivity index (χ1n) is 18.4. The van der Waals surface area contributed by atoms with Crippen LogP contribution in [-0.2, 0) is 42.4 Å². The van der Waals surface area contributed by atoms with Crippen molar-refractivity contribution in [1.29, 1.82) is 0 Å². The molecule has 0 saturated heterocycles. The Morgan fingerprint density at radius 3 is 1.28 bits per heavy atom. The molecule has 4 aromatic carbocycles. The van der Waals surface area contributed by atoms with Gasteiger partial charge in [-0.1, -0.05) is 160 Å². The van der Waals surface area contributed by atoms with Crippen LogP contribution in [0, 0.1) is 70.3 Å². The van der Waals surface area contributed by atoms with Crippen LogP contribution in [0.15, 0.2) is 103 Å². The van der Waals surface area contributed by atoms with Gasteiger partial charge in [0, 0.05) is 5.66 Å². The van der Waals surface area contributed by atoms with Crippen LogP contribution in [0.2, 0.25) is 0 Å². The summed E-state index contributed by atoms with van der Waals surface area (Å²) in [6.45, 7) is 21.0. The molecule has 53 heavy (non-hydrogen) atoms. The standard InChI is InChI=1S/C40H48OP.2C5H5.Zr/c1-38(2,3)32-26-33(39(4,5)6)37(34(27-32)40(7,8)9)42(36(28-41)31-23-17-12-18-24-31)35(30-21-15-11-16-22-30)25-29-19-13-10-14-20-29;2*1-2-4-5-3-1;/h10-24,26-27,36,41H,28H2,1-9H3;2*1-5H;/q-1;;;+3/t36-,42+;;;/m1.../s1. The summed E-state index contributed by atoms with van der Waals surface area (Å²) in [5, 5.41) is 13.9. The van der Waals surface area contributed by atoms with Gasteiger partial charge in [0.05, 0.1) is 6.61 Å². The summed E-state index contributed by atoms with van der Waals surface area (Å²) in [4.78, 5) is 0. The van der Waals surface area contributed by atoms with E-state index in [2.05, 4.69) is 172 Å². The summed E-state index contributed by atoms with van der Waals surface area (Å²) >= 11 is 0. The quantitative estimate of drug-likeness (QED) is 0.112. The van der Waals surface area contributed by atoms with Gasteiger partial charge >= 0.3 is 26.2 Å². The average molecular weight is 797 g/mol. The van der Waals surface area contributed by atoms with Gasteiger partial charge in [0.2, 0.25) is 0 Å². The Hall–Kier alpha value is -2.11. The van der Waals surface area contributed by atoms with E-state index < -0.39 is 7.92 Å². The van der Waals surface area contributed by atoms with Gasteiger partial charge in [-0.15, -0.1) is 35.9 Å². The Morgan fingerprint density at radius 2 is 0.925 bits per heavy atom. The molecule has 6 rings (SSSR count). The molecule has 11 radical (unpaired) electrons. The first-order valence-corrected chi connectivity index (χ1v) is 19.8. The van der Waals surface area contributed by atoms with E-state index in [1.54, 1.807) is 0 Å². The normalized spacial score (nSPS) is 16.0. The molecular weight excluding hydrogens is 739 g/mol. The number of hydrogen-bond acceptors (Lipinski definition) is 1. The van der Waals surface area contributed by atoms with E-state index in [4.69, 9.17) is 0 Å². The summed E-state index contributed by atoms with van der Waals surface area (Å²) in [5.41, 5.74) is 7.14. The summed E-state index contributed by atoms with van der Waals surface area (Å²) in [7, 11) is -1.12. The molecule has 4 aromatic rings. The predicted molar refractivity (Wildman–Crippen MR) is 227 cm³/mol. The third-order valence-electron chi connectivity index (χ3n) is 8.94. The molecule has 0 unspecified atom stereocenters. The molecule has 2 atom stereocenters. The minimum atomic E-state index is -1.12. The monoisotopic (exact) mass is 795 g/mol. The van der Waals surface area contributed by atoms with Gasteiger partial charge in [0.25, 0.3) is 0 Å². The first-order chi connectivity index (χ1) is 24.7. The van der Waals surface area contributed by atoms with Crippen LogP contribution in [0.1, 0.15) is 101 Å². The molecule has 0 aromatic heterocycles. The van der Waals surface area contributed by atoms with E-state index in [1.807, 2.05) is 64.2 Å². The van der Waals surface area contributed by atoms with Crippen molar-refractivity contribution >= 4 is 18.5 Å². The van der Waals surface area contributed by atoms with Crippen molar-refractivity contribution in [1.82, 2.24) is 0 Å². The van der Waals surface area contributed by atoms with Crippen molar-refractivity contribution in [2.75, 3.05) is 6.61 Å². The van der Waals surface area contributed by atoms with Gasteiger partial charge in [-0.3, -0.25) is 0 Å². The van der Waals surface area contributed by atoms with E-state index in [0.29, 0.717) is 0 Å². The van der Waals surface area contributed by atoms with Crippen LogP contribution >= 0.6 is 7.92 Å². The van der Waals surface area contributed by atoms with Crippen LogP contribution in [0.25, 0.3) is 5.31 Å². The maximum Gasteiger partial charge on any atom is 3.00 e. The van der Waals surface area contributed by atoms with Crippen LogP contribution in [0.3, 0.4) is 0 Å². The van der Waals surface area contributed by atoms with Crippen LogP contribution in [0.5, 0.6) is 0 Å². The van der Waals surface area contributed by atoms with Gasteiger partial charge in [0.15, 0.2) is 0 Å². The summed E-state index contributed by atoms with van der Waals surface area (Å²) < 4.78 is 0. The maximum atomic E-state index is 11.3. The summed E-state index contributed by atoms with van der Waals surface area (Å²) in [6.07, 6.45) is 23.9. The predicted octanol–water partition coefficient (Wildman–Crippen LogP) is 12.4. The Bertz CT molecular complexity index is 1590. The minimum absolute atomic E-state index is 0. The molecular formula is C50H58OPZr+2. The molecule has 2 fully saturated rings. The van der Waals surface area contributed by atoms with Gasteiger partial charge in [-0.2, -0.15) is 0 Å². The van der Waals surface area contributed by atoms with Crippen molar-refractivity contribution in [3.63, 3.8) is 0 Å². The summed E-state index contributed by atoms with van der Waals surface area (Å²) in [6, 6.07) is 36.7. The molecule has 0 spiro atoms. The fraction of sp³-hybridized carbons (Fsp3) is 0.280. The summed E-state index contributed by atoms with van der Waals surface area (Å²) in [5.74, 6) is 0. The molecule has 1 N–H and O–H groups in total. The number of hydrogen-bond donors (Lipinski definition) is 1. The molecule has 2 aliphatic carbocycles. The second-order valence-electron chi connectivity index (χ2n) is 16.3. The van der Waals surface area contributed by atoms with Gasteiger partial charge in [-0.25, -0.2) is 0 Å². The largest absolute Gasteiger partial charge is 3.00 e. The molecule has 2 aliphatic rings. The molecule has 0 amide bonds. The van der Waals surface area contributed by atoms with E-state index in [9.17, 15) is 5.11 Å². The van der Waals surface area contributed by atoms with Crippen molar-refractivity contribution in [3.05, 3.63) is 207 Å². The first kappa shape index (κ1) is 45.3. The zero-order valence-electron chi connectivity index (χ0n) is 33.3. The van der Waals surface area contributed by atoms with E-state index in [0.717, 1.165) is 16.7 Å². The Labute approximate surface area is 345 Å². The smallest absolute Gasteiger partial charge is 0.395 e. The topological polar surface area (TPSA) is 20.2 Å². The van der Waals surface area contributed by atoms with Crippen molar-refractivity contribution < 1.29 is 31.3 Å². The number of aliphatic hydroxyl groups excluding tert-OH is 1. The van der Waals surface area contributed by atoms with E-state index in [-0.39, 0.29) is 54.7 Å². The molecule has 0 aliphatic heterocycles. The fourth-order valence-corrected chi connectivity index (χ4v) is 9.55. The van der Waals surface area contributed by atoms with Crippen molar-refractivity contribution in [2.24, 2.45) is 0 Å². The van der Waals surface area contributed by atoms with Crippen LogP contribution < -0.4 is 5.30 Å². The van der Waals surface area contributed by atoms with Gasteiger partial charge in [-0.05, 0) is 108 Å². The molecule has 0 heterocycles. The third kappa shape index (κ3) is 13.6. The Morgan fingerprint density at radius 1 is 0.547 bits per heavy atom. The Balaban J connectivity index is 0.000000591. The maximum absolute atomic E-state index is 11.3. The van der Waals surface area contributed by atoms with Gasteiger partial charge < -0.3 is 5.11 Å². The zero-order chi connectivity index (χ0) is 37.8. The molecule has 271 valence electrons. The van der Waals surface area contributed by atoms with E-state index in [1.165, 1.54) is 27.3 Å². The number of aliphatic hydroxyl groups is 1. The fourth-order valence-electron chi connectivity index (χ4n) is 6.07. The average Bonchev–Trinajstić information content (AvgIpc) is 3.90. The zero-order valence-corrected chi connectivity index (χ0v) is 36.6. The minimum Gasteiger partial charge on any atom is -0.395 e. The SMILES string of the molecule is CC(C)(C)c1cc(C(C)(C)C)c([P@@](C(=[C-]c2ccccc2)c2ccccc2)[C@H](CO)c2ccccc2)c(C(C)(C)C)c1.[CH]1[CH][CH][CH][CH]1.[CH]1[CH][CH][CH][CH]1.[Zr+3]. The van der Waals surface area contributed by atoms with Crippen molar-refractivity contribution in [2.45, 2.75) is 84.2 Å². The molecule has 3 heteroatoms. The number of rotatable bonds is 7. The van der Waals surface area contributed by atoms with Crippen molar-refractivity contribution in [3.8, 4) is 0 Å². The number of benzene rings is 4. The van der Waals surface area contributed by atoms with Gasteiger partial charge in [0.1, 0.15) is 0 Å². The van der Waals surface area contributed by atoms with Crippen LogP contribution in [-0.4, -0.2) is 11.7 Å². The third-order valence-corrected chi connectivity index (χ3v) is 11.8. The molecule has 1 nitrogen and oxygen atoms in total. The Kier molecular flexibility index (Phi) is 18.2. The van der Waals surface area contributed by atoms with Crippen LogP contribution in [0.4, 0.5) is 0 Å². The second-order valence-corrected chi connectivity index (χ2v) is 18.5. The molecule has 0 bridgehead atoms. The molecule has 2 saturated carbocycles. The van der Waals surface area contributed by atoms with E-state index >= 15 is 0 Å². The second kappa shape index (κ2) is 21.3.